The van der Waals surface area contributed by atoms with Gasteiger partial charge in [-0.2, -0.15) is 0 Å². The number of hydrogen-bond acceptors (Lipinski definition) is 7. The smallest absolute Gasteiger partial charge is 0.270 e. The van der Waals surface area contributed by atoms with Crippen molar-refractivity contribution in [2.75, 3.05) is 5.32 Å². The third-order valence-electron chi connectivity index (χ3n) is 5.39. The summed E-state index contributed by atoms with van der Waals surface area (Å²) in [6, 6.07) is 22.8. The first-order valence-electron chi connectivity index (χ1n) is 11.4. The van der Waals surface area contributed by atoms with Crippen LogP contribution >= 0.6 is 0 Å². The predicted octanol–water partition coefficient (Wildman–Crippen LogP) is 4.98. The first kappa shape index (κ1) is 22.8. The molecule has 4 aromatic heterocycles. The lowest BCUT2D eigenvalue weighted by Crippen LogP contribution is -2.23. The van der Waals surface area contributed by atoms with Gasteiger partial charge in [-0.05, 0) is 55.0 Å². The van der Waals surface area contributed by atoms with Gasteiger partial charge >= 0.3 is 0 Å². The standard InChI is InChI=1S/C28H23N7O/c1-19-14-26(34-23-7-3-2-4-8-23)35-27(33-19)22-10-12-25(31-18-22)28(36)32-16-20-9-11-24(30-15-20)21-6-5-13-29-17-21/h2-15,17-18H,16H2,1H3,(H,32,36)(H,33,34,35). The third-order valence-corrected chi connectivity index (χ3v) is 5.39. The number of benzene rings is 1. The Kier molecular flexibility index (Phi) is 6.66. The topological polar surface area (TPSA) is 106 Å². The summed E-state index contributed by atoms with van der Waals surface area (Å²) in [5.74, 6) is 0.954. The number of para-hydroxylation sites is 1. The molecule has 0 radical (unpaired) electrons. The summed E-state index contributed by atoms with van der Waals surface area (Å²) in [4.78, 5) is 34.7. The average molecular weight is 474 g/mol. The molecule has 0 atom stereocenters. The summed E-state index contributed by atoms with van der Waals surface area (Å²) in [6.07, 6.45) is 6.85. The number of hydrogen-bond donors (Lipinski definition) is 2. The molecule has 1 amide bonds. The molecule has 4 heterocycles. The first-order chi connectivity index (χ1) is 17.6. The molecule has 5 rings (SSSR count). The molecular formula is C28H23N7O. The molecule has 36 heavy (non-hydrogen) atoms. The van der Waals surface area contributed by atoms with E-state index in [0.717, 1.165) is 33.8 Å². The zero-order valence-corrected chi connectivity index (χ0v) is 19.6. The van der Waals surface area contributed by atoms with Gasteiger partial charge in [0, 0.05) is 59.9 Å². The van der Waals surface area contributed by atoms with Crippen LogP contribution in [0.2, 0.25) is 0 Å². The molecule has 0 fully saturated rings. The van der Waals surface area contributed by atoms with E-state index in [1.807, 2.05) is 67.6 Å². The average Bonchev–Trinajstić information content (AvgIpc) is 2.93. The molecule has 0 aliphatic heterocycles. The number of pyridine rings is 3. The van der Waals surface area contributed by atoms with Gasteiger partial charge in [-0.15, -0.1) is 0 Å². The van der Waals surface area contributed by atoms with Gasteiger partial charge < -0.3 is 10.6 Å². The van der Waals surface area contributed by atoms with E-state index in [4.69, 9.17) is 0 Å². The Balaban J connectivity index is 1.23. The predicted molar refractivity (Wildman–Crippen MR) is 138 cm³/mol. The van der Waals surface area contributed by atoms with Crippen LogP contribution in [-0.2, 0) is 6.54 Å². The summed E-state index contributed by atoms with van der Waals surface area (Å²) >= 11 is 0. The molecule has 0 aliphatic carbocycles. The highest BCUT2D eigenvalue weighted by molar-refractivity contribution is 5.92. The molecule has 0 saturated heterocycles. The molecule has 8 nitrogen and oxygen atoms in total. The number of anilines is 2. The van der Waals surface area contributed by atoms with Gasteiger partial charge in [-0.1, -0.05) is 24.3 Å². The number of aryl methyl sites for hydroxylation is 1. The Hall–Kier alpha value is -4.98. The molecule has 0 bridgehead atoms. The molecule has 176 valence electrons. The van der Waals surface area contributed by atoms with Crippen molar-refractivity contribution >= 4 is 17.4 Å². The minimum atomic E-state index is -0.269. The Morgan fingerprint density at radius 2 is 1.72 bits per heavy atom. The van der Waals surface area contributed by atoms with Crippen molar-refractivity contribution in [2.45, 2.75) is 13.5 Å². The first-order valence-corrected chi connectivity index (χ1v) is 11.4. The van der Waals surface area contributed by atoms with Crippen molar-refractivity contribution in [3.63, 3.8) is 0 Å². The quantitative estimate of drug-likeness (QED) is 0.343. The third kappa shape index (κ3) is 5.56. The fourth-order valence-corrected chi connectivity index (χ4v) is 3.58. The number of rotatable bonds is 7. The highest BCUT2D eigenvalue weighted by atomic mass is 16.1. The van der Waals surface area contributed by atoms with Gasteiger partial charge in [-0.25, -0.2) is 9.97 Å². The molecule has 0 unspecified atom stereocenters. The van der Waals surface area contributed by atoms with Crippen molar-refractivity contribution < 1.29 is 4.79 Å². The van der Waals surface area contributed by atoms with E-state index in [1.165, 1.54) is 0 Å². The van der Waals surface area contributed by atoms with E-state index in [9.17, 15) is 4.79 Å². The maximum atomic E-state index is 12.6. The zero-order valence-electron chi connectivity index (χ0n) is 19.6. The van der Waals surface area contributed by atoms with Gasteiger partial charge in [0.05, 0.1) is 5.69 Å². The van der Waals surface area contributed by atoms with Gasteiger partial charge in [0.2, 0.25) is 0 Å². The second-order valence-corrected chi connectivity index (χ2v) is 8.12. The number of nitrogens with one attached hydrogen (secondary N) is 2. The SMILES string of the molecule is Cc1cc(Nc2ccccc2)nc(-c2ccc(C(=O)NCc3ccc(-c4cccnc4)nc3)nc2)n1. The molecule has 1 aromatic carbocycles. The van der Waals surface area contributed by atoms with Crippen molar-refractivity contribution in [3.05, 3.63) is 115 Å². The summed E-state index contributed by atoms with van der Waals surface area (Å²) in [5.41, 5.74) is 5.46. The highest BCUT2D eigenvalue weighted by Crippen LogP contribution is 2.20. The number of amides is 1. The summed E-state index contributed by atoms with van der Waals surface area (Å²) in [5, 5.41) is 6.17. The van der Waals surface area contributed by atoms with E-state index in [-0.39, 0.29) is 5.91 Å². The fourth-order valence-electron chi connectivity index (χ4n) is 3.58. The lowest BCUT2D eigenvalue weighted by molar-refractivity contribution is 0.0946. The summed E-state index contributed by atoms with van der Waals surface area (Å²) < 4.78 is 0. The van der Waals surface area contributed by atoms with Crippen LogP contribution in [0.4, 0.5) is 11.5 Å². The largest absolute Gasteiger partial charge is 0.347 e. The van der Waals surface area contributed by atoms with Crippen LogP contribution in [0.5, 0.6) is 0 Å². The van der Waals surface area contributed by atoms with Crippen LogP contribution in [0.15, 0.2) is 97.6 Å². The molecular weight excluding hydrogens is 450 g/mol. The monoisotopic (exact) mass is 473 g/mol. The van der Waals surface area contributed by atoms with E-state index in [1.54, 1.807) is 36.9 Å². The van der Waals surface area contributed by atoms with E-state index in [2.05, 4.69) is 35.6 Å². The van der Waals surface area contributed by atoms with E-state index < -0.39 is 0 Å². The maximum absolute atomic E-state index is 12.6. The van der Waals surface area contributed by atoms with Crippen LogP contribution in [0.25, 0.3) is 22.6 Å². The Morgan fingerprint density at radius 1 is 0.833 bits per heavy atom. The molecule has 0 spiro atoms. The number of nitrogens with zero attached hydrogens (tertiary/aromatic N) is 5. The second-order valence-electron chi connectivity index (χ2n) is 8.12. The van der Waals surface area contributed by atoms with Crippen LogP contribution in [0.3, 0.4) is 0 Å². The lowest BCUT2D eigenvalue weighted by atomic mass is 10.1. The maximum Gasteiger partial charge on any atom is 0.270 e. The van der Waals surface area contributed by atoms with Crippen LogP contribution in [-0.4, -0.2) is 30.8 Å². The molecule has 0 aliphatic rings. The number of aromatic nitrogens is 5. The van der Waals surface area contributed by atoms with Crippen LogP contribution in [0.1, 0.15) is 21.7 Å². The minimum Gasteiger partial charge on any atom is -0.347 e. The summed E-state index contributed by atoms with van der Waals surface area (Å²) in [6.45, 7) is 2.26. The van der Waals surface area contributed by atoms with Crippen molar-refractivity contribution in [1.29, 1.82) is 0 Å². The van der Waals surface area contributed by atoms with Gasteiger partial charge in [-0.3, -0.25) is 19.7 Å². The van der Waals surface area contributed by atoms with Crippen LogP contribution < -0.4 is 10.6 Å². The van der Waals surface area contributed by atoms with Crippen molar-refractivity contribution in [1.82, 2.24) is 30.2 Å². The molecule has 2 N–H and O–H groups in total. The molecule has 0 saturated carbocycles. The van der Waals surface area contributed by atoms with E-state index in [0.29, 0.717) is 23.9 Å². The van der Waals surface area contributed by atoms with E-state index >= 15 is 0 Å². The molecule has 5 aromatic rings. The number of carbonyl (C=O) groups is 1. The van der Waals surface area contributed by atoms with Crippen LogP contribution in [0, 0.1) is 6.92 Å². The fraction of sp³-hybridized carbons (Fsp3) is 0.0714. The van der Waals surface area contributed by atoms with Gasteiger partial charge in [0.15, 0.2) is 5.82 Å². The van der Waals surface area contributed by atoms with Crippen molar-refractivity contribution in [3.8, 4) is 22.6 Å². The zero-order chi connectivity index (χ0) is 24.7. The second kappa shape index (κ2) is 10.5. The lowest BCUT2D eigenvalue weighted by Gasteiger charge is -2.09. The Labute approximate surface area is 208 Å². The highest BCUT2D eigenvalue weighted by Gasteiger charge is 2.11. The Morgan fingerprint density at radius 3 is 2.44 bits per heavy atom. The van der Waals surface area contributed by atoms with Gasteiger partial charge in [0.1, 0.15) is 11.5 Å². The van der Waals surface area contributed by atoms with Gasteiger partial charge in [0.25, 0.3) is 5.91 Å². The van der Waals surface area contributed by atoms with Crippen molar-refractivity contribution in [2.24, 2.45) is 0 Å². The minimum absolute atomic E-state index is 0.269. The summed E-state index contributed by atoms with van der Waals surface area (Å²) in [7, 11) is 0. The normalized spacial score (nSPS) is 10.6. The molecule has 8 heteroatoms. The number of carbonyl (C=O) groups excluding carboxylic acids is 1. The Bertz CT molecular complexity index is 1460.